The Balaban J connectivity index is 1.88. The van der Waals surface area contributed by atoms with Crippen molar-refractivity contribution in [3.63, 3.8) is 0 Å². The Bertz CT molecular complexity index is 1490. The number of para-hydroxylation sites is 2. The number of rotatable bonds is 5. The Morgan fingerprint density at radius 1 is 1.06 bits per heavy atom. The molecule has 0 aliphatic carbocycles. The standard InChI is InChI=1S/C26H24N6O3/c1-15-13-19(31(2)29-15)23-22-21(17-11-8-12-20(33-3)24(17)34-4)18(14-27)25(28)35-26(22)32(30-23)16-9-6-5-7-10-16/h5-13,21H,28H2,1-4H3. The van der Waals surface area contributed by atoms with Gasteiger partial charge in [-0.15, -0.1) is 0 Å². The van der Waals surface area contributed by atoms with Gasteiger partial charge in [0.15, 0.2) is 11.5 Å². The van der Waals surface area contributed by atoms with E-state index in [2.05, 4.69) is 11.2 Å². The zero-order valence-corrected chi connectivity index (χ0v) is 19.8. The lowest BCUT2D eigenvalue weighted by atomic mass is 9.83. The highest BCUT2D eigenvalue weighted by Gasteiger charge is 2.40. The fourth-order valence-corrected chi connectivity index (χ4v) is 4.55. The molecule has 0 bridgehead atoms. The number of hydrogen-bond donors (Lipinski definition) is 1. The highest BCUT2D eigenvalue weighted by molar-refractivity contribution is 5.72. The number of nitrogens with zero attached hydrogens (tertiary/aromatic N) is 5. The maximum absolute atomic E-state index is 10.2. The topological polar surface area (TPSA) is 113 Å². The Labute approximate surface area is 202 Å². The van der Waals surface area contributed by atoms with Crippen LogP contribution in [0.3, 0.4) is 0 Å². The van der Waals surface area contributed by atoms with Crippen LogP contribution >= 0.6 is 0 Å². The number of methoxy groups -OCH3 is 2. The van der Waals surface area contributed by atoms with E-state index in [1.807, 2.05) is 62.5 Å². The molecule has 2 aromatic carbocycles. The van der Waals surface area contributed by atoms with Gasteiger partial charge in [0.2, 0.25) is 11.8 Å². The average molecular weight is 469 g/mol. The molecule has 2 N–H and O–H groups in total. The minimum atomic E-state index is -0.614. The molecule has 5 rings (SSSR count). The number of benzene rings is 2. The molecule has 1 atom stereocenters. The SMILES string of the molecule is COc1cccc(C2C(C#N)=C(N)Oc3c2c(-c2cc(C)nn2C)nn3-c2ccccc2)c1OC. The van der Waals surface area contributed by atoms with Gasteiger partial charge in [-0.1, -0.05) is 30.3 Å². The Morgan fingerprint density at radius 2 is 1.83 bits per heavy atom. The monoisotopic (exact) mass is 468 g/mol. The number of aryl methyl sites for hydroxylation is 2. The van der Waals surface area contributed by atoms with Gasteiger partial charge in [0.25, 0.3) is 0 Å². The third kappa shape index (κ3) is 3.47. The van der Waals surface area contributed by atoms with Crippen molar-refractivity contribution in [2.24, 2.45) is 12.8 Å². The van der Waals surface area contributed by atoms with Crippen molar-refractivity contribution in [3.05, 3.63) is 82.9 Å². The summed E-state index contributed by atoms with van der Waals surface area (Å²) >= 11 is 0. The number of hydrogen-bond acceptors (Lipinski definition) is 7. The molecule has 35 heavy (non-hydrogen) atoms. The van der Waals surface area contributed by atoms with E-state index >= 15 is 0 Å². The molecular weight excluding hydrogens is 444 g/mol. The van der Waals surface area contributed by atoms with Crippen molar-refractivity contribution in [1.82, 2.24) is 19.6 Å². The van der Waals surface area contributed by atoms with Gasteiger partial charge in [0.05, 0.1) is 42.8 Å². The fourth-order valence-electron chi connectivity index (χ4n) is 4.55. The Hall–Kier alpha value is -4.71. The summed E-state index contributed by atoms with van der Waals surface area (Å²) in [6, 6.07) is 19.4. The number of nitrogens with two attached hydrogens (primary N) is 1. The largest absolute Gasteiger partial charge is 0.493 e. The summed E-state index contributed by atoms with van der Waals surface area (Å²) in [4.78, 5) is 0. The van der Waals surface area contributed by atoms with Gasteiger partial charge in [0, 0.05) is 12.6 Å². The van der Waals surface area contributed by atoms with E-state index in [1.54, 1.807) is 29.6 Å². The van der Waals surface area contributed by atoms with Crippen LogP contribution in [0.1, 0.15) is 22.7 Å². The molecule has 0 fully saturated rings. The van der Waals surface area contributed by atoms with Crippen LogP contribution in [0.4, 0.5) is 0 Å². The van der Waals surface area contributed by atoms with Crippen LogP contribution in [0, 0.1) is 18.3 Å². The normalized spacial score (nSPS) is 14.8. The van der Waals surface area contributed by atoms with E-state index in [4.69, 9.17) is 25.0 Å². The van der Waals surface area contributed by atoms with Crippen molar-refractivity contribution in [2.45, 2.75) is 12.8 Å². The highest BCUT2D eigenvalue weighted by atomic mass is 16.5. The number of nitriles is 1. The summed E-state index contributed by atoms with van der Waals surface area (Å²) in [6.07, 6.45) is 0. The molecule has 0 saturated heterocycles. The second kappa shape index (κ2) is 8.57. The predicted octanol–water partition coefficient (Wildman–Crippen LogP) is 3.82. The van der Waals surface area contributed by atoms with E-state index in [0.717, 1.165) is 17.1 Å². The van der Waals surface area contributed by atoms with Crippen LogP contribution in [0.25, 0.3) is 17.1 Å². The minimum absolute atomic E-state index is 0.0136. The first-order valence-corrected chi connectivity index (χ1v) is 11.0. The summed E-state index contributed by atoms with van der Waals surface area (Å²) in [5.74, 6) is 0.878. The zero-order valence-electron chi connectivity index (χ0n) is 19.8. The van der Waals surface area contributed by atoms with Crippen molar-refractivity contribution in [2.75, 3.05) is 14.2 Å². The third-order valence-corrected chi connectivity index (χ3v) is 6.04. The molecule has 9 nitrogen and oxygen atoms in total. The molecular formula is C26H24N6O3. The minimum Gasteiger partial charge on any atom is -0.493 e. The summed E-state index contributed by atoms with van der Waals surface area (Å²) in [7, 11) is 5.00. The van der Waals surface area contributed by atoms with Crippen molar-refractivity contribution >= 4 is 0 Å². The second-order valence-corrected chi connectivity index (χ2v) is 8.12. The quantitative estimate of drug-likeness (QED) is 0.474. The fraction of sp³-hybridized carbons (Fsp3) is 0.192. The first kappa shape index (κ1) is 22.1. The first-order valence-electron chi connectivity index (χ1n) is 11.0. The Kier molecular flexibility index (Phi) is 5.41. The lowest BCUT2D eigenvalue weighted by molar-refractivity contribution is 0.346. The smallest absolute Gasteiger partial charge is 0.229 e. The molecule has 3 heterocycles. The van der Waals surface area contributed by atoms with E-state index < -0.39 is 5.92 Å². The van der Waals surface area contributed by atoms with Crippen molar-refractivity contribution < 1.29 is 14.2 Å². The lowest BCUT2D eigenvalue weighted by Crippen LogP contribution is -2.22. The van der Waals surface area contributed by atoms with Crippen LogP contribution < -0.4 is 19.9 Å². The summed E-state index contributed by atoms with van der Waals surface area (Å²) in [5.41, 5.74) is 11.0. The van der Waals surface area contributed by atoms with Gasteiger partial charge in [-0.2, -0.15) is 20.1 Å². The van der Waals surface area contributed by atoms with E-state index in [9.17, 15) is 5.26 Å². The summed E-state index contributed by atoms with van der Waals surface area (Å²) in [5, 5.41) is 19.6. The predicted molar refractivity (Wildman–Crippen MR) is 129 cm³/mol. The van der Waals surface area contributed by atoms with Crippen LogP contribution in [-0.4, -0.2) is 33.8 Å². The molecule has 1 aliphatic rings. The van der Waals surface area contributed by atoms with Crippen LogP contribution in [0.5, 0.6) is 17.4 Å². The molecule has 1 unspecified atom stereocenters. The molecule has 0 amide bonds. The first-order chi connectivity index (χ1) is 17.0. The van der Waals surface area contributed by atoms with Crippen LogP contribution in [0.2, 0.25) is 0 Å². The van der Waals surface area contributed by atoms with Gasteiger partial charge in [-0.3, -0.25) is 4.68 Å². The molecule has 0 spiro atoms. The van der Waals surface area contributed by atoms with Crippen LogP contribution in [0.15, 0.2) is 66.1 Å². The van der Waals surface area contributed by atoms with E-state index in [-0.39, 0.29) is 11.5 Å². The molecule has 9 heteroatoms. The van der Waals surface area contributed by atoms with E-state index in [1.165, 1.54) is 0 Å². The lowest BCUT2D eigenvalue weighted by Gasteiger charge is -2.26. The number of allylic oxidation sites excluding steroid dienone is 1. The Morgan fingerprint density at radius 3 is 2.46 bits per heavy atom. The third-order valence-electron chi connectivity index (χ3n) is 6.04. The van der Waals surface area contributed by atoms with Gasteiger partial charge in [-0.05, 0) is 31.2 Å². The summed E-state index contributed by atoms with van der Waals surface area (Å²) < 4.78 is 20.8. The highest BCUT2D eigenvalue weighted by Crippen LogP contribution is 2.50. The molecule has 0 saturated carbocycles. The van der Waals surface area contributed by atoms with E-state index in [0.29, 0.717) is 34.2 Å². The second-order valence-electron chi connectivity index (χ2n) is 8.12. The van der Waals surface area contributed by atoms with Gasteiger partial charge >= 0.3 is 0 Å². The van der Waals surface area contributed by atoms with Crippen molar-refractivity contribution in [1.29, 1.82) is 5.26 Å². The van der Waals surface area contributed by atoms with Gasteiger partial charge in [-0.25, -0.2) is 0 Å². The zero-order chi connectivity index (χ0) is 24.7. The number of ether oxygens (including phenoxy) is 3. The molecule has 2 aromatic heterocycles. The molecule has 4 aromatic rings. The maximum Gasteiger partial charge on any atom is 0.229 e. The molecule has 176 valence electrons. The summed E-state index contributed by atoms with van der Waals surface area (Å²) in [6.45, 7) is 1.92. The molecule has 1 aliphatic heterocycles. The van der Waals surface area contributed by atoms with Crippen molar-refractivity contribution in [3.8, 4) is 40.5 Å². The molecule has 0 radical (unpaired) electrons. The maximum atomic E-state index is 10.2. The van der Waals surface area contributed by atoms with Crippen LogP contribution in [-0.2, 0) is 7.05 Å². The van der Waals surface area contributed by atoms with Gasteiger partial charge in [0.1, 0.15) is 17.3 Å². The van der Waals surface area contributed by atoms with Gasteiger partial charge < -0.3 is 19.9 Å². The number of aromatic nitrogens is 4. The number of fused-ring (bicyclic) bond motifs is 1. The average Bonchev–Trinajstić information content (AvgIpc) is 3.41.